The molecule has 6 heteroatoms. The van der Waals surface area contributed by atoms with E-state index in [9.17, 15) is 13.2 Å². The molecule has 0 aliphatic heterocycles. The summed E-state index contributed by atoms with van der Waals surface area (Å²) < 4.78 is 25.2. The smallest absolute Gasteiger partial charge is 0.221 e. The number of nitrogens with zero attached hydrogens (tertiary/aromatic N) is 1. The molecule has 0 spiro atoms. The lowest BCUT2D eigenvalue weighted by Crippen LogP contribution is -2.42. The van der Waals surface area contributed by atoms with E-state index >= 15 is 0 Å². The minimum Gasteiger partial charge on any atom is -0.351 e. The molecule has 0 saturated carbocycles. The van der Waals surface area contributed by atoms with Crippen LogP contribution in [0.4, 0.5) is 0 Å². The van der Waals surface area contributed by atoms with Crippen LogP contribution in [-0.2, 0) is 21.4 Å². The van der Waals surface area contributed by atoms with Crippen LogP contribution in [0.2, 0.25) is 0 Å². The summed E-state index contributed by atoms with van der Waals surface area (Å²) in [5.74, 6) is -0.148. The molecule has 1 N–H and O–H groups in total. The molecular weight excluding hydrogens is 300 g/mol. The van der Waals surface area contributed by atoms with Crippen molar-refractivity contribution in [3.05, 3.63) is 35.4 Å². The Labute approximate surface area is 133 Å². The lowest BCUT2D eigenvalue weighted by molar-refractivity contribution is -0.122. The highest BCUT2D eigenvalue weighted by Gasteiger charge is 2.20. The molecule has 124 valence electrons. The maximum Gasteiger partial charge on any atom is 0.221 e. The van der Waals surface area contributed by atoms with E-state index in [0.29, 0.717) is 0 Å². The summed E-state index contributed by atoms with van der Waals surface area (Å²) in [6, 6.07) is 7.70. The van der Waals surface area contributed by atoms with E-state index in [1.165, 1.54) is 10.6 Å². The molecule has 0 saturated heterocycles. The van der Waals surface area contributed by atoms with Crippen LogP contribution in [0.1, 0.15) is 38.3 Å². The number of hydrogen-bond acceptors (Lipinski definition) is 3. The second-order valence-electron chi connectivity index (χ2n) is 6.63. The first-order valence-corrected chi connectivity index (χ1v) is 9.14. The summed E-state index contributed by atoms with van der Waals surface area (Å²) >= 11 is 0. The van der Waals surface area contributed by atoms with Gasteiger partial charge in [0.05, 0.1) is 6.26 Å². The first kappa shape index (κ1) is 18.6. The summed E-state index contributed by atoms with van der Waals surface area (Å²) in [5, 5.41) is 2.84. The van der Waals surface area contributed by atoms with Crippen molar-refractivity contribution in [2.75, 3.05) is 12.8 Å². The summed E-state index contributed by atoms with van der Waals surface area (Å²) in [6.45, 7) is 8.10. The van der Waals surface area contributed by atoms with Crippen LogP contribution >= 0.6 is 0 Å². The van der Waals surface area contributed by atoms with Crippen LogP contribution < -0.4 is 5.32 Å². The van der Waals surface area contributed by atoms with E-state index in [0.717, 1.165) is 11.1 Å². The zero-order valence-corrected chi connectivity index (χ0v) is 14.8. The van der Waals surface area contributed by atoms with Gasteiger partial charge in [-0.15, -0.1) is 0 Å². The Hall–Kier alpha value is -1.40. The Morgan fingerprint density at radius 1 is 1.27 bits per heavy atom. The van der Waals surface area contributed by atoms with E-state index in [1.807, 2.05) is 52.0 Å². The molecule has 1 rings (SSSR count). The molecule has 5 nitrogen and oxygen atoms in total. The van der Waals surface area contributed by atoms with Crippen LogP contribution in [0, 0.1) is 6.92 Å². The minimum atomic E-state index is -3.36. The third-order valence-corrected chi connectivity index (χ3v) is 4.26. The molecule has 0 unspecified atom stereocenters. The van der Waals surface area contributed by atoms with Crippen LogP contribution in [0.3, 0.4) is 0 Å². The molecular formula is C16H26N2O3S. The van der Waals surface area contributed by atoms with Gasteiger partial charge >= 0.3 is 0 Å². The molecule has 0 aromatic heterocycles. The fourth-order valence-electron chi connectivity index (χ4n) is 2.08. The van der Waals surface area contributed by atoms with Crippen molar-refractivity contribution in [3.63, 3.8) is 0 Å². The molecule has 0 aliphatic rings. The van der Waals surface area contributed by atoms with E-state index in [4.69, 9.17) is 0 Å². The van der Waals surface area contributed by atoms with Gasteiger partial charge in [-0.05, 0) is 33.3 Å². The van der Waals surface area contributed by atoms with Crippen LogP contribution in [0.5, 0.6) is 0 Å². The average molecular weight is 326 g/mol. The van der Waals surface area contributed by atoms with Crippen LogP contribution in [0.15, 0.2) is 24.3 Å². The number of carbonyl (C=O) groups is 1. The largest absolute Gasteiger partial charge is 0.351 e. The SMILES string of the molecule is Cc1cccc(CN(CCC(=O)NC(C)(C)C)S(C)(=O)=O)c1. The van der Waals surface area contributed by atoms with Crippen molar-refractivity contribution in [2.24, 2.45) is 0 Å². The van der Waals surface area contributed by atoms with Crippen LogP contribution in [-0.4, -0.2) is 37.0 Å². The predicted octanol–water partition coefficient (Wildman–Crippen LogP) is 2.06. The van der Waals surface area contributed by atoms with Crippen molar-refractivity contribution in [2.45, 2.75) is 46.2 Å². The van der Waals surface area contributed by atoms with Crippen molar-refractivity contribution < 1.29 is 13.2 Å². The Bertz CT molecular complexity index is 619. The number of rotatable bonds is 6. The Kier molecular flexibility index (Phi) is 6.14. The van der Waals surface area contributed by atoms with E-state index in [2.05, 4.69) is 5.32 Å². The molecule has 0 aliphatic carbocycles. The zero-order chi connectivity index (χ0) is 17.0. The van der Waals surface area contributed by atoms with Crippen molar-refractivity contribution >= 4 is 15.9 Å². The topological polar surface area (TPSA) is 66.5 Å². The van der Waals surface area contributed by atoms with Gasteiger partial charge in [0.1, 0.15) is 0 Å². The lowest BCUT2D eigenvalue weighted by atomic mass is 10.1. The molecule has 0 atom stereocenters. The number of amides is 1. The second kappa shape index (κ2) is 7.24. The number of carbonyl (C=O) groups excluding carboxylic acids is 1. The molecule has 22 heavy (non-hydrogen) atoms. The fourth-order valence-corrected chi connectivity index (χ4v) is 2.89. The maximum absolute atomic E-state index is 11.9. The number of aryl methyl sites for hydroxylation is 1. The highest BCUT2D eigenvalue weighted by Crippen LogP contribution is 2.11. The monoisotopic (exact) mass is 326 g/mol. The average Bonchev–Trinajstić information content (AvgIpc) is 2.30. The highest BCUT2D eigenvalue weighted by atomic mass is 32.2. The minimum absolute atomic E-state index is 0.148. The van der Waals surface area contributed by atoms with Gasteiger partial charge in [-0.1, -0.05) is 29.8 Å². The Morgan fingerprint density at radius 2 is 1.91 bits per heavy atom. The zero-order valence-electron chi connectivity index (χ0n) is 14.0. The van der Waals surface area contributed by atoms with Crippen molar-refractivity contribution in [1.82, 2.24) is 9.62 Å². The summed E-state index contributed by atoms with van der Waals surface area (Å²) in [6.07, 6.45) is 1.32. The van der Waals surface area contributed by atoms with Crippen molar-refractivity contribution in [3.8, 4) is 0 Å². The van der Waals surface area contributed by atoms with E-state index in [-0.39, 0.29) is 31.0 Å². The molecule has 0 bridgehead atoms. The molecule has 0 radical (unpaired) electrons. The fraction of sp³-hybridized carbons (Fsp3) is 0.562. The van der Waals surface area contributed by atoms with E-state index < -0.39 is 10.0 Å². The Morgan fingerprint density at radius 3 is 2.41 bits per heavy atom. The third kappa shape index (κ3) is 7.04. The number of benzene rings is 1. The number of nitrogens with one attached hydrogen (secondary N) is 1. The van der Waals surface area contributed by atoms with Gasteiger partial charge < -0.3 is 5.32 Å². The quantitative estimate of drug-likeness (QED) is 0.870. The van der Waals surface area contributed by atoms with Gasteiger partial charge in [0.25, 0.3) is 0 Å². The summed E-state index contributed by atoms with van der Waals surface area (Å²) in [5.41, 5.74) is 1.68. The molecule has 1 aromatic carbocycles. The van der Waals surface area contributed by atoms with Gasteiger partial charge in [0, 0.05) is 25.0 Å². The third-order valence-electron chi connectivity index (χ3n) is 3.01. The molecule has 0 heterocycles. The normalized spacial score (nSPS) is 12.5. The summed E-state index contributed by atoms with van der Waals surface area (Å²) in [4.78, 5) is 11.9. The number of hydrogen-bond donors (Lipinski definition) is 1. The predicted molar refractivity (Wildman–Crippen MR) is 88.9 cm³/mol. The van der Waals surface area contributed by atoms with Gasteiger partial charge in [0.15, 0.2) is 0 Å². The second-order valence-corrected chi connectivity index (χ2v) is 8.62. The highest BCUT2D eigenvalue weighted by molar-refractivity contribution is 7.88. The molecule has 1 aromatic rings. The van der Waals surface area contributed by atoms with Gasteiger partial charge in [-0.3, -0.25) is 4.79 Å². The maximum atomic E-state index is 11.9. The van der Waals surface area contributed by atoms with Crippen molar-refractivity contribution in [1.29, 1.82) is 0 Å². The first-order chi connectivity index (χ1) is 9.97. The standard InChI is InChI=1S/C16H26N2O3S/c1-13-7-6-8-14(11-13)12-18(22(5,20)21)10-9-15(19)17-16(2,3)4/h6-8,11H,9-10,12H2,1-5H3,(H,17,19). The molecule has 0 fully saturated rings. The first-order valence-electron chi connectivity index (χ1n) is 7.29. The Balaban J connectivity index is 2.73. The van der Waals surface area contributed by atoms with Gasteiger partial charge in [0.2, 0.25) is 15.9 Å². The molecule has 1 amide bonds. The lowest BCUT2D eigenvalue weighted by Gasteiger charge is -2.23. The van der Waals surface area contributed by atoms with Crippen LogP contribution in [0.25, 0.3) is 0 Å². The summed E-state index contributed by atoms with van der Waals surface area (Å²) in [7, 11) is -3.36. The van der Waals surface area contributed by atoms with E-state index in [1.54, 1.807) is 0 Å². The van der Waals surface area contributed by atoms with Gasteiger partial charge in [-0.25, -0.2) is 8.42 Å². The number of sulfonamides is 1. The van der Waals surface area contributed by atoms with Gasteiger partial charge in [-0.2, -0.15) is 4.31 Å².